The van der Waals surface area contributed by atoms with Crippen molar-refractivity contribution in [3.05, 3.63) is 59.7 Å². The lowest BCUT2D eigenvalue weighted by molar-refractivity contribution is -0.122. The van der Waals surface area contributed by atoms with E-state index in [1.54, 1.807) is 31.2 Å². The van der Waals surface area contributed by atoms with Crippen molar-refractivity contribution in [1.82, 2.24) is 5.32 Å². The maximum atomic E-state index is 12.6. The molecular weight excluding hydrogens is 352 g/mol. The van der Waals surface area contributed by atoms with Gasteiger partial charge in [-0.15, -0.1) is 0 Å². The standard InChI is InChI=1S/C23H30N2O3/c1-6-15-24-22(27)19-9-7-8-10-20(19)25-21(26)16(2)28-18-13-11-17(12-14-18)23(3,4)5/h7-14,16H,6,15H2,1-5H3,(H,24,27)(H,25,26)/t16-/m0/s1. The van der Waals surface area contributed by atoms with Crippen molar-refractivity contribution in [1.29, 1.82) is 0 Å². The first kappa shape index (κ1) is 21.5. The lowest BCUT2D eigenvalue weighted by Crippen LogP contribution is -2.32. The highest BCUT2D eigenvalue weighted by Gasteiger charge is 2.19. The summed E-state index contributed by atoms with van der Waals surface area (Å²) in [7, 11) is 0. The molecule has 0 saturated heterocycles. The minimum atomic E-state index is -0.702. The molecule has 0 fully saturated rings. The normalized spacial score (nSPS) is 12.2. The number of amides is 2. The van der Waals surface area contributed by atoms with Crippen LogP contribution in [-0.4, -0.2) is 24.5 Å². The van der Waals surface area contributed by atoms with Gasteiger partial charge in [0.15, 0.2) is 6.10 Å². The van der Waals surface area contributed by atoms with Crippen molar-refractivity contribution in [2.75, 3.05) is 11.9 Å². The Balaban J connectivity index is 2.04. The van der Waals surface area contributed by atoms with Gasteiger partial charge in [-0.3, -0.25) is 9.59 Å². The second-order valence-electron chi connectivity index (χ2n) is 7.83. The van der Waals surface area contributed by atoms with Gasteiger partial charge in [0, 0.05) is 6.54 Å². The zero-order valence-electron chi connectivity index (χ0n) is 17.3. The van der Waals surface area contributed by atoms with E-state index in [1.165, 1.54) is 5.56 Å². The Morgan fingerprint density at radius 1 is 1.04 bits per heavy atom. The van der Waals surface area contributed by atoms with Gasteiger partial charge in [0.2, 0.25) is 0 Å². The maximum absolute atomic E-state index is 12.6. The van der Waals surface area contributed by atoms with Crippen molar-refractivity contribution in [2.24, 2.45) is 0 Å². The smallest absolute Gasteiger partial charge is 0.265 e. The Labute approximate surface area is 167 Å². The number of rotatable bonds is 7. The summed E-state index contributed by atoms with van der Waals surface area (Å²) in [6.45, 7) is 10.7. The molecule has 2 amide bonds. The average molecular weight is 383 g/mol. The van der Waals surface area contributed by atoms with Crippen LogP contribution in [0.1, 0.15) is 57.0 Å². The van der Waals surface area contributed by atoms with Crippen molar-refractivity contribution in [2.45, 2.75) is 52.6 Å². The fourth-order valence-electron chi connectivity index (χ4n) is 2.65. The van der Waals surface area contributed by atoms with Gasteiger partial charge >= 0.3 is 0 Å². The third-order valence-corrected chi connectivity index (χ3v) is 4.37. The van der Waals surface area contributed by atoms with Crippen LogP contribution >= 0.6 is 0 Å². The first-order chi connectivity index (χ1) is 13.2. The first-order valence-electron chi connectivity index (χ1n) is 9.67. The molecule has 150 valence electrons. The third-order valence-electron chi connectivity index (χ3n) is 4.37. The fraction of sp³-hybridized carbons (Fsp3) is 0.391. The molecule has 0 aliphatic heterocycles. The van der Waals surface area contributed by atoms with E-state index in [0.29, 0.717) is 23.5 Å². The van der Waals surface area contributed by atoms with Gasteiger partial charge < -0.3 is 15.4 Å². The minimum Gasteiger partial charge on any atom is -0.481 e. The zero-order valence-corrected chi connectivity index (χ0v) is 17.3. The molecule has 2 aromatic carbocycles. The minimum absolute atomic E-state index is 0.0591. The Morgan fingerprint density at radius 2 is 1.68 bits per heavy atom. The monoisotopic (exact) mass is 382 g/mol. The van der Waals surface area contributed by atoms with Crippen LogP contribution < -0.4 is 15.4 Å². The molecule has 0 unspecified atom stereocenters. The molecule has 2 rings (SSSR count). The largest absolute Gasteiger partial charge is 0.481 e. The molecule has 0 aromatic heterocycles. The number of hydrogen-bond donors (Lipinski definition) is 2. The third kappa shape index (κ3) is 5.84. The van der Waals surface area contributed by atoms with E-state index in [2.05, 4.69) is 31.4 Å². The highest BCUT2D eigenvalue weighted by Crippen LogP contribution is 2.25. The summed E-state index contributed by atoms with van der Waals surface area (Å²) in [5.74, 6) is 0.115. The zero-order chi connectivity index (χ0) is 20.7. The topological polar surface area (TPSA) is 67.4 Å². The molecule has 2 aromatic rings. The molecule has 5 heteroatoms. The SMILES string of the molecule is CCCNC(=O)c1ccccc1NC(=O)[C@H](C)Oc1ccc(C(C)(C)C)cc1. The van der Waals surface area contributed by atoms with Crippen LogP contribution in [0.5, 0.6) is 5.75 Å². The summed E-state index contributed by atoms with van der Waals surface area (Å²) in [5, 5.41) is 5.63. The quantitative estimate of drug-likeness (QED) is 0.739. The Bertz CT molecular complexity index is 807. The summed E-state index contributed by atoms with van der Waals surface area (Å²) in [6.07, 6.45) is 0.145. The van der Waals surface area contributed by atoms with E-state index in [9.17, 15) is 9.59 Å². The Morgan fingerprint density at radius 3 is 2.29 bits per heavy atom. The van der Waals surface area contributed by atoms with Crippen molar-refractivity contribution in [3.8, 4) is 5.75 Å². The van der Waals surface area contributed by atoms with E-state index in [-0.39, 0.29) is 17.2 Å². The summed E-state index contributed by atoms with van der Waals surface area (Å²) in [4.78, 5) is 24.9. The molecule has 28 heavy (non-hydrogen) atoms. The molecule has 0 aliphatic rings. The first-order valence-corrected chi connectivity index (χ1v) is 9.67. The number of carbonyl (C=O) groups excluding carboxylic acids is 2. The van der Waals surface area contributed by atoms with Gasteiger partial charge in [-0.2, -0.15) is 0 Å². The van der Waals surface area contributed by atoms with Gasteiger partial charge in [-0.05, 0) is 48.6 Å². The van der Waals surface area contributed by atoms with Crippen molar-refractivity contribution in [3.63, 3.8) is 0 Å². The molecule has 0 heterocycles. The van der Waals surface area contributed by atoms with Crippen LogP contribution in [0.2, 0.25) is 0 Å². The lowest BCUT2D eigenvalue weighted by atomic mass is 9.87. The highest BCUT2D eigenvalue weighted by molar-refractivity contribution is 6.04. The molecule has 0 spiro atoms. The summed E-state index contributed by atoms with van der Waals surface area (Å²) < 4.78 is 5.77. The molecule has 2 N–H and O–H groups in total. The number of ether oxygens (including phenoxy) is 1. The molecule has 0 bridgehead atoms. The summed E-state index contributed by atoms with van der Waals surface area (Å²) >= 11 is 0. The highest BCUT2D eigenvalue weighted by atomic mass is 16.5. The molecule has 0 radical (unpaired) electrons. The predicted molar refractivity (Wildman–Crippen MR) is 113 cm³/mol. The van der Waals surface area contributed by atoms with Gasteiger partial charge in [-0.25, -0.2) is 0 Å². The number of benzene rings is 2. The fourth-order valence-corrected chi connectivity index (χ4v) is 2.65. The molecule has 0 saturated carbocycles. The number of para-hydroxylation sites is 1. The van der Waals surface area contributed by atoms with E-state index < -0.39 is 6.10 Å². The van der Waals surface area contributed by atoms with Gasteiger partial charge in [0.05, 0.1) is 11.3 Å². The summed E-state index contributed by atoms with van der Waals surface area (Å²) in [6, 6.07) is 14.7. The average Bonchev–Trinajstić information content (AvgIpc) is 2.66. The molecular formula is C23H30N2O3. The number of anilines is 1. The number of nitrogens with one attached hydrogen (secondary N) is 2. The van der Waals surface area contributed by atoms with Crippen LogP contribution in [0.15, 0.2) is 48.5 Å². The van der Waals surface area contributed by atoms with E-state index in [4.69, 9.17) is 4.74 Å². The number of carbonyl (C=O) groups is 2. The lowest BCUT2D eigenvalue weighted by Gasteiger charge is -2.20. The van der Waals surface area contributed by atoms with Crippen LogP contribution in [0, 0.1) is 0 Å². The van der Waals surface area contributed by atoms with Gasteiger partial charge in [-0.1, -0.05) is 52.0 Å². The van der Waals surface area contributed by atoms with Gasteiger partial charge in [0.1, 0.15) is 5.75 Å². The molecule has 5 nitrogen and oxygen atoms in total. The second kappa shape index (κ2) is 9.40. The van der Waals surface area contributed by atoms with Crippen molar-refractivity contribution < 1.29 is 14.3 Å². The Hall–Kier alpha value is -2.82. The van der Waals surface area contributed by atoms with E-state index >= 15 is 0 Å². The maximum Gasteiger partial charge on any atom is 0.265 e. The van der Waals surface area contributed by atoms with E-state index in [1.807, 2.05) is 31.2 Å². The number of hydrogen-bond acceptors (Lipinski definition) is 3. The van der Waals surface area contributed by atoms with E-state index in [0.717, 1.165) is 6.42 Å². The van der Waals surface area contributed by atoms with Crippen molar-refractivity contribution >= 4 is 17.5 Å². The Kier molecular flexibility index (Phi) is 7.21. The second-order valence-corrected chi connectivity index (χ2v) is 7.83. The van der Waals surface area contributed by atoms with Crippen LogP contribution in [0.4, 0.5) is 5.69 Å². The summed E-state index contributed by atoms with van der Waals surface area (Å²) in [5.41, 5.74) is 2.17. The molecule has 1 atom stereocenters. The van der Waals surface area contributed by atoms with Crippen LogP contribution in [0.25, 0.3) is 0 Å². The molecule has 0 aliphatic carbocycles. The van der Waals surface area contributed by atoms with Crippen LogP contribution in [-0.2, 0) is 10.2 Å². The predicted octanol–water partition coefficient (Wildman–Crippen LogP) is 4.53. The van der Waals surface area contributed by atoms with Gasteiger partial charge in [0.25, 0.3) is 11.8 Å². The van der Waals surface area contributed by atoms with Crippen LogP contribution in [0.3, 0.4) is 0 Å².